The number of hydrogen-bond acceptors (Lipinski definition) is 7. The molecule has 0 bridgehead atoms. The summed E-state index contributed by atoms with van der Waals surface area (Å²) in [6.07, 6.45) is 4.68. The van der Waals surface area contributed by atoms with Crippen LogP contribution in [0.15, 0.2) is 23.5 Å². The third-order valence-corrected chi connectivity index (χ3v) is 4.19. The van der Waals surface area contributed by atoms with Crippen molar-refractivity contribution in [2.45, 2.75) is 32.2 Å². The number of β-lactam (4-membered cyclic amide) rings is 1. The smallest absolute Gasteiger partial charge is 0.354 e. The van der Waals surface area contributed by atoms with Gasteiger partial charge in [0.15, 0.2) is 0 Å². The highest BCUT2D eigenvalue weighted by Crippen LogP contribution is 2.33. The van der Waals surface area contributed by atoms with Crippen molar-refractivity contribution >= 4 is 29.6 Å². The first-order chi connectivity index (χ1) is 10.9. The molecule has 1 amide bonds. The van der Waals surface area contributed by atoms with E-state index in [9.17, 15) is 14.4 Å². The molecule has 1 heterocycles. The summed E-state index contributed by atoms with van der Waals surface area (Å²) in [6.45, 7) is 5.30. The molecule has 128 valence electrons. The number of methoxy groups -OCH3 is 1. The van der Waals surface area contributed by atoms with Crippen molar-refractivity contribution < 1.29 is 23.9 Å². The number of allylic oxidation sites excluding steroid dienone is 2. The number of hydrogen-bond donors (Lipinski definition) is 1. The molecule has 1 aliphatic rings. The highest BCUT2D eigenvalue weighted by Gasteiger charge is 2.50. The van der Waals surface area contributed by atoms with Gasteiger partial charge in [-0.25, -0.2) is 9.59 Å². The van der Waals surface area contributed by atoms with Crippen molar-refractivity contribution in [2.24, 2.45) is 0 Å². The molecule has 1 N–H and O–H groups in total. The number of ether oxygens (including phenoxy) is 2. The van der Waals surface area contributed by atoms with E-state index in [1.165, 1.54) is 29.8 Å². The molecule has 0 spiro atoms. The lowest BCUT2D eigenvalue weighted by Crippen LogP contribution is -2.68. The highest BCUT2D eigenvalue weighted by atomic mass is 32.2. The van der Waals surface area contributed by atoms with Crippen molar-refractivity contribution in [3.05, 3.63) is 23.5 Å². The van der Waals surface area contributed by atoms with Crippen molar-refractivity contribution in [3.63, 3.8) is 0 Å². The maximum Gasteiger partial charge on any atom is 0.354 e. The Morgan fingerprint density at radius 2 is 2.09 bits per heavy atom. The van der Waals surface area contributed by atoms with Crippen LogP contribution in [0.2, 0.25) is 0 Å². The molecule has 0 radical (unpaired) electrons. The third-order valence-electron chi connectivity index (χ3n) is 3.22. The predicted octanol–water partition coefficient (Wildman–Crippen LogP) is 1.02. The fourth-order valence-corrected chi connectivity index (χ4v) is 3.06. The number of amides is 1. The fraction of sp³-hybridized carbons (Fsp3) is 0.533. The summed E-state index contributed by atoms with van der Waals surface area (Å²) >= 11 is 1.43. The van der Waals surface area contributed by atoms with Crippen LogP contribution in [0.5, 0.6) is 0 Å². The van der Waals surface area contributed by atoms with E-state index in [2.05, 4.69) is 10.1 Å². The molecule has 0 aliphatic carbocycles. The molecule has 1 aliphatic heterocycles. The van der Waals surface area contributed by atoms with E-state index < -0.39 is 18.0 Å². The van der Waals surface area contributed by atoms with Gasteiger partial charge in [0.25, 0.3) is 5.91 Å². The van der Waals surface area contributed by atoms with Gasteiger partial charge in [0.1, 0.15) is 17.1 Å². The van der Waals surface area contributed by atoms with Gasteiger partial charge in [-0.3, -0.25) is 9.69 Å². The zero-order valence-electron chi connectivity index (χ0n) is 13.9. The van der Waals surface area contributed by atoms with E-state index in [0.717, 1.165) is 0 Å². The topological polar surface area (TPSA) is 84.9 Å². The number of thioether (sulfide) groups is 1. The lowest BCUT2D eigenvalue weighted by atomic mass is 10.1. The van der Waals surface area contributed by atoms with Crippen LogP contribution in [0.3, 0.4) is 0 Å². The minimum atomic E-state index is -0.525. The third kappa shape index (κ3) is 4.28. The van der Waals surface area contributed by atoms with Gasteiger partial charge >= 0.3 is 11.9 Å². The lowest BCUT2D eigenvalue weighted by molar-refractivity contribution is -0.151. The number of esters is 2. The Balaban J connectivity index is 2.86. The lowest BCUT2D eigenvalue weighted by Gasteiger charge is -2.46. The van der Waals surface area contributed by atoms with E-state index in [1.54, 1.807) is 26.8 Å². The van der Waals surface area contributed by atoms with E-state index >= 15 is 0 Å². The summed E-state index contributed by atoms with van der Waals surface area (Å²) in [5.41, 5.74) is 0.746. The van der Waals surface area contributed by atoms with Gasteiger partial charge in [0.2, 0.25) is 0 Å². The molecular weight excluding hydrogens is 320 g/mol. The molecule has 8 heteroatoms. The fourth-order valence-electron chi connectivity index (χ4n) is 2.18. The minimum absolute atomic E-state index is 0.226. The predicted molar refractivity (Wildman–Crippen MR) is 87.2 cm³/mol. The van der Waals surface area contributed by atoms with Gasteiger partial charge in [0.05, 0.1) is 13.7 Å². The van der Waals surface area contributed by atoms with Gasteiger partial charge < -0.3 is 14.8 Å². The Morgan fingerprint density at radius 3 is 2.57 bits per heavy atom. The summed E-state index contributed by atoms with van der Waals surface area (Å²) in [5.74, 6) is -1.27. The van der Waals surface area contributed by atoms with E-state index in [1.807, 2.05) is 6.26 Å². The Kier molecular flexibility index (Phi) is 7.15. The van der Waals surface area contributed by atoms with Crippen molar-refractivity contribution in [1.82, 2.24) is 10.2 Å². The zero-order valence-corrected chi connectivity index (χ0v) is 14.7. The maximum atomic E-state index is 12.4. The SMILES string of the molecule is C/C=C(\C(=O)OCC)N1C(=O)C(N/C(C)=C/C(=O)OC)C1SC. The van der Waals surface area contributed by atoms with Crippen LogP contribution in [0, 0.1) is 0 Å². The van der Waals surface area contributed by atoms with Crippen molar-refractivity contribution in [1.29, 1.82) is 0 Å². The standard InChI is InChI=1S/C15H22N2O5S/c1-6-10(15(20)22-7-2)17-13(19)12(14(17)23-5)16-9(3)8-11(18)21-4/h6,8,12,14,16H,7H2,1-5H3/b9-8+,10-6+. The number of carbonyl (C=O) groups is 3. The maximum absolute atomic E-state index is 12.4. The Labute approximate surface area is 140 Å². The zero-order chi connectivity index (χ0) is 17.6. The molecule has 7 nitrogen and oxygen atoms in total. The van der Waals surface area contributed by atoms with Crippen LogP contribution >= 0.6 is 11.8 Å². The Morgan fingerprint density at radius 1 is 1.43 bits per heavy atom. The van der Waals surface area contributed by atoms with Crippen LogP contribution in [0.25, 0.3) is 0 Å². The Bertz CT molecular complexity index is 544. The highest BCUT2D eigenvalue weighted by molar-refractivity contribution is 7.99. The number of nitrogens with one attached hydrogen (secondary N) is 1. The molecule has 2 unspecified atom stereocenters. The van der Waals surface area contributed by atoms with Gasteiger partial charge in [-0.2, -0.15) is 0 Å². The Hall–Kier alpha value is -1.96. The molecule has 1 saturated heterocycles. The van der Waals surface area contributed by atoms with Gasteiger partial charge in [-0.05, 0) is 27.0 Å². The van der Waals surface area contributed by atoms with E-state index in [4.69, 9.17) is 4.74 Å². The molecule has 0 aromatic rings. The van der Waals surface area contributed by atoms with Crippen LogP contribution < -0.4 is 5.32 Å². The molecule has 2 atom stereocenters. The summed E-state index contributed by atoms with van der Waals surface area (Å²) in [5, 5.41) is 2.72. The monoisotopic (exact) mass is 342 g/mol. The average molecular weight is 342 g/mol. The van der Waals surface area contributed by atoms with Crippen molar-refractivity contribution in [2.75, 3.05) is 20.0 Å². The summed E-state index contributed by atoms with van der Waals surface area (Å²) in [7, 11) is 1.28. The van der Waals surface area contributed by atoms with Crippen LogP contribution in [0.1, 0.15) is 20.8 Å². The number of likely N-dealkylation sites (tertiary alicyclic amines) is 1. The largest absolute Gasteiger partial charge is 0.466 e. The normalized spacial score (nSPS) is 21.6. The van der Waals surface area contributed by atoms with Crippen LogP contribution in [-0.4, -0.2) is 54.1 Å². The summed E-state index contributed by atoms with van der Waals surface area (Å²) < 4.78 is 9.52. The van der Waals surface area contributed by atoms with Gasteiger partial charge in [-0.1, -0.05) is 6.08 Å². The average Bonchev–Trinajstić information content (AvgIpc) is 2.53. The summed E-state index contributed by atoms with van der Waals surface area (Å²) in [6, 6.07) is -0.518. The molecule has 23 heavy (non-hydrogen) atoms. The van der Waals surface area contributed by atoms with Crippen LogP contribution in [-0.2, 0) is 23.9 Å². The summed E-state index contributed by atoms with van der Waals surface area (Å²) in [4.78, 5) is 37.0. The van der Waals surface area contributed by atoms with E-state index in [-0.39, 0.29) is 23.6 Å². The first-order valence-electron chi connectivity index (χ1n) is 7.13. The first-order valence-corrected chi connectivity index (χ1v) is 8.42. The molecule has 0 aromatic carbocycles. The number of rotatable bonds is 7. The van der Waals surface area contributed by atoms with Gasteiger partial charge in [-0.15, -0.1) is 11.8 Å². The number of carbonyl (C=O) groups excluding carboxylic acids is 3. The second-order valence-corrected chi connectivity index (χ2v) is 5.66. The molecule has 0 saturated carbocycles. The van der Waals surface area contributed by atoms with Crippen LogP contribution in [0.4, 0.5) is 0 Å². The second-order valence-electron chi connectivity index (χ2n) is 4.70. The first kappa shape index (κ1) is 19.1. The number of nitrogens with zero attached hydrogens (tertiary/aromatic N) is 1. The molecule has 1 rings (SSSR count). The second kappa shape index (κ2) is 8.61. The quantitative estimate of drug-likeness (QED) is 0.420. The van der Waals surface area contributed by atoms with Gasteiger partial charge in [0, 0.05) is 11.8 Å². The molecular formula is C15H22N2O5S. The minimum Gasteiger partial charge on any atom is -0.466 e. The molecule has 1 fully saturated rings. The van der Waals surface area contributed by atoms with Crippen molar-refractivity contribution in [3.8, 4) is 0 Å². The molecule has 0 aromatic heterocycles. The van der Waals surface area contributed by atoms with E-state index in [0.29, 0.717) is 5.70 Å².